The zero-order chi connectivity index (χ0) is 16.8. The summed E-state index contributed by atoms with van der Waals surface area (Å²) in [5.74, 6) is -0.920. The lowest BCUT2D eigenvalue weighted by molar-refractivity contribution is -0.119. The molecule has 2 N–H and O–H groups in total. The molecule has 0 aromatic heterocycles. The number of halogens is 1. The number of rotatable bonds is 6. The van der Waals surface area contributed by atoms with Crippen molar-refractivity contribution in [3.05, 3.63) is 47.3 Å². The first-order valence-electron chi connectivity index (χ1n) is 7.73. The van der Waals surface area contributed by atoms with Crippen molar-refractivity contribution in [3.8, 4) is 0 Å². The number of hydrogen-bond acceptors (Lipinski definition) is 3. The molecule has 1 aliphatic rings. The minimum Gasteiger partial charge on any atom is -0.369 e. The SMILES string of the molecule is CCN(CC1=CCN(CC(N)=O)CC1)C(=O)c1cccc(F)c1. The standard InChI is InChI=1S/C17H22FN3O2/c1-2-21(17(23)14-4-3-5-15(18)10-14)11-13-6-8-20(9-7-13)12-16(19)22/h3-6,10H,2,7-9,11-12H2,1H3,(H2,19,22). The summed E-state index contributed by atoms with van der Waals surface area (Å²) in [5.41, 5.74) is 6.70. The molecular weight excluding hydrogens is 297 g/mol. The van der Waals surface area contributed by atoms with Crippen molar-refractivity contribution in [2.45, 2.75) is 13.3 Å². The Morgan fingerprint density at radius 2 is 2.17 bits per heavy atom. The number of carbonyl (C=O) groups excluding carboxylic acids is 2. The molecule has 0 radical (unpaired) electrons. The van der Waals surface area contributed by atoms with Gasteiger partial charge in [-0.05, 0) is 31.5 Å². The molecule has 0 saturated heterocycles. The molecule has 0 unspecified atom stereocenters. The van der Waals surface area contributed by atoms with E-state index < -0.39 is 5.82 Å². The highest BCUT2D eigenvalue weighted by atomic mass is 19.1. The van der Waals surface area contributed by atoms with Crippen molar-refractivity contribution < 1.29 is 14.0 Å². The van der Waals surface area contributed by atoms with Gasteiger partial charge in [0, 0.05) is 31.7 Å². The molecular formula is C17H22FN3O2. The number of amides is 2. The zero-order valence-electron chi connectivity index (χ0n) is 13.3. The average molecular weight is 319 g/mol. The smallest absolute Gasteiger partial charge is 0.254 e. The van der Waals surface area contributed by atoms with Gasteiger partial charge in [-0.15, -0.1) is 0 Å². The third kappa shape index (κ3) is 4.89. The fourth-order valence-corrected chi connectivity index (χ4v) is 2.64. The predicted octanol–water partition coefficient (Wildman–Crippen LogP) is 1.41. The average Bonchev–Trinajstić information content (AvgIpc) is 2.53. The van der Waals surface area contributed by atoms with E-state index in [1.807, 2.05) is 17.9 Å². The third-order valence-corrected chi connectivity index (χ3v) is 3.90. The van der Waals surface area contributed by atoms with Crippen molar-refractivity contribution in [1.82, 2.24) is 9.80 Å². The van der Waals surface area contributed by atoms with E-state index in [2.05, 4.69) is 0 Å². The molecule has 2 rings (SSSR count). The first kappa shape index (κ1) is 17.1. The number of likely N-dealkylation sites (N-methyl/N-ethyl adjacent to an activating group) is 1. The first-order valence-corrected chi connectivity index (χ1v) is 7.73. The molecule has 23 heavy (non-hydrogen) atoms. The molecule has 6 heteroatoms. The first-order chi connectivity index (χ1) is 11.0. The van der Waals surface area contributed by atoms with Gasteiger partial charge in [-0.1, -0.05) is 17.7 Å². The monoisotopic (exact) mass is 319 g/mol. The van der Waals surface area contributed by atoms with Crippen LogP contribution in [0.15, 0.2) is 35.9 Å². The molecule has 1 aromatic rings. The molecule has 1 heterocycles. The summed E-state index contributed by atoms with van der Waals surface area (Å²) in [6.07, 6.45) is 2.83. The van der Waals surface area contributed by atoms with Gasteiger partial charge in [0.15, 0.2) is 0 Å². The Morgan fingerprint density at radius 1 is 1.39 bits per heavy atom. The lowest BCUT2D eigenvalue weighted by Crippen LogP contribution is -2.39. The van der Waals surface area contributed by atoms with Gasteiger partial charge in [0.2, 0.25) is 5.91 Å². The van der Waals surface area contributed by atoms with Crippen molar-refractivity contribution in [3.63, 3.8) is 0 Å². The predicted molar refractivity (Wildman–Crippen MR) is 86.3 cm³/mol. The van der Waals surface area contributed by atoms with Crippen molar-refractivity contribution in [1.29, 1.82) is 0 Å². The van der Waals surface area contributed by atoms with E-state index in [-0.39, 0.29) is 18.4 Å². The van der Waals surface area contributed by atoms with Gasteiger partial charge in [0.25, 0.3) is 5.91 Å². The summed E-state index contributed by atoms with van der Waals surface area (Å²) >= 11 is 0. The number of primary amides is 1. The van der Waals surface area contributed by atoms with Crippen LogP contribution in [0.25, 0.3) is 0 Å². The third-order valence-electron chi connectivity index (χ3n) is 3.90. The maximum atomic E-state index is 13.3. The molecule has 124 valence electrons. The highest BCUT2D eigenvalue weighted by Gasteiger charge is 2.19. The normalized spacial score (nSPS) is 15.1. The highest BCUT2D eigenvalue weighted by Crippen LogP contribution is 2.14. The van der Waals surface area contributed by atoms with Crippen molar-refractivity contribution in [2.24, 2.45) is 5.73 Å². The quantitative estimate of drug-likeness (QED) is 0.806. The number of carbonyl (C=O) groups is 2. The Morgan fingerprint density at radius 3 is 2.74 bits per heavy atom. The largest absolute Gasteiger partial charge is 0.369 e. The summed E-state index contributed by atoms with van der Waals surface area (Å²) in [6, 6.07) is 5.74. The maximum absolute atomic E-state index is 13.3. The second kappa shape index (κ2) is 7.87. The molecule has 0 aliphatic carbocycles. The highest BCUT2D eigenvalue weighted by molar-refractivity contribution is 5.94. The maximum Gasteiger partial charge on any atom is 0.254 e. The van der Waals surface area contributed by atoms with Crippen LogP contribution in [0.2, 0.25) is 0 Å². The summed E-state index contributed by atoms with van der Waals surface area (Å²) < 4.78 is 13.3. The Hall–Kier alpha value is -2.21. The van der Waals surface area contributed by atoms with Crippen LogP contribution in [0.4, 0.5) is 4.39 Å². The summed E-state index contributed by atoms with van der Waals surface area (Å²) in [6.45, 7) is 4.64. The molecule has 0 atom stereocenters. The lowest BCUT2D eigenvalue weighted by Gasteiger charge is -2.28. The van der Waals surface area contributed by atoms with E-state index in [1.165, 1.54) is 18.2 Å². The Labute approximate surface area is 135 Å². The Kier molecular flexibility index (Phi) is 5.87. The van der Waals surface area contributed by atoms with E-state index in [1.54, 1.807) is 11.0 Å². The van der Waals surface area contributed by atoms with Gasteiger partial charge in [-0.3, -0.25) is 14.5 Å². The summed E-state index contributed by atoms with van der Waals surface area (Å²) in [4.78, 5) is 27.1. The number of benzene rings is 1. The van der Waals surface area contributed by atoms with E-state index >= 15 is 0 Å². The number of nitrogens with zero attached hydrogens (tertiary/aromatic N) is 2. The summed E-state index contributed by atoms with van der Waals surface area (Å²) in [5, 5.41) is 0. The Bertz CT molecular complexity index is 616. The number of nitrogens with two attached hydrogens (primary N) is 1. The fourth-order valence-electron chi connectivity index (χ4n) is 2.64. The van der Waals surface area contributed by atoms with E-state index in [0.29, 0.717) is 25.2 Å². The molecule has 0 fully saturated rings. The molecule has 2 amide bonds. The van der Waals surface area contributed by atoms with E-state index in [0.717, 1.165) is 18.5 Å². The van der Waals surface area contributed by atoms with Crippen molar-refractivity contribution in [2.75, 3.05) is 32.7 Å². The molecule has 0 saturated carbocycles. The fraction of sp³-hybridized carbons (Fsp3) is 0.412. The van der Waals surface area contributed by atoms with Gasteiger partial charge < -0.3 is 10.6 Å². The van der Waals surface area contributed by atoms with E-state index in [9.17, 15) is 14.0 Å². The van der Waals surface area contributed by atoms with Gasteiger partial charge in [0.05, 0.1) is 6.54 Å². The van der Waals surface area contributed by atoms with Crippen LogP contribution >= 0.6 is 0 Å². The van der Waals surface area contributed by atoms with Crippen LogP contribution in [0.3, 0.4) is 0 Å². The zero-order valence-corrected chi connectivity index (χ0v) is 13.3. The Balaban J connectivity index is 1.98. The van der Waals surface area contributed by atoms with Crippen LogP contribution in [-0.2, 0) is 4.79 Å². The molecule has 1 aliphatic heterocycles. The van der Waals surface area contributed by atoms with Crippen LogP contribution < -0.4 is 5.73 Å². The van der Waals surface area contributed by atoms with Crippen LogP contribution in [0.1, 0.15) is 23.7 Å². The van der Waals surface area contributed by atoms with E-state index in [4.69, 9.17) is 5.73 Å². The molecule has 1 aromatic carbocycles. The van der Waals surface area contributed by atoms with Crippen molar-refractivity contribution >= 4 is 11.8 Å². The van der Waals surface area contributed by atoms with Gasteiger partial charge >= 0.3 is 0 Å². The minimum atomic E-state index is -0.411. The summed E-state index contributed by atoms with van der Waals surface area (Å²) in [7, 11) is 0. The van der Waals surface area contributed by atoms with Crippen LogP contribution in [0, 0.1) is 5.82 Å². The van der Waals surface area contributed by atoms with Crippen LogP contribution in [-0.4, -0.2) is 54.3 Å². The second-order valence-electron chi connectivity index (χ2n) is 5.64. The minimum absolute atomic E-state index is 0.174. The number of hydrogen-bond donors (Lipinski definition) is 1. The van der Waals surface area contributed by atoms with Gasteiger partial charge in [0.1, 0.15) is 5.82 Å². The molecule has 0 bridgehead atoms. The second-order valence-corrected chi connectivity index (χ2v) is 5.64. The molecule has 0 spiro atoms. The molecule has 5 nitrogen and oxygen atoms in total. The van der Waals surface area contributed by atoms with Crippen LogP contribution in [0.5, 0.6) is 0 Å². The lowest BCUT2D eigenvalue weighted by atomic mass is 10.1. The topological polar surface area (TPSA) is 66.6 Å². The van der Waals surface area contributed by atoms with Gasteiger partial charge in [-0.2, -0.15) is 0 Å². The van der Waals surface area contributed by atoms with Gasteiger partial charge in [-0.25, -0.2) is 4.39 Å².